The van der Waals surface area contributed by atoms with Crippen LogP contribution in [0.25, 0.3) is 0 Å². The summed E-state index contributed by atoms with van der Waals surface area (Å²) in [5.41, 5.74) is 1.59. The van der Waals surface area contributed by atoms with E-state index in [2.05, 4.69) is 10.0 Å². The van der Waals surface area contributed by atoms with Crippen LogP contribution >= 0.6 is 0 Å². The Morgan fingerprint density at radius 1 is 1.24 bits per heavy atom. The van der Waals surface area contributed by atoms with Gasteiger partial charge in [-0.15, -0.1) is 0 Å². The molecule has 5 nitrogen and oxygen atoms in total. The van der Waals surface area contributed by atoms with Gasteiger partial charge in [-0.3, -0.25) is 0 Å². The molecule has 0 aliphatic rings. The summed E-state index contributed by atoms with van der Waals surface area (Å²) >= 11 is 0. The van der Waals surface area contributed by atoms with Gasteiger partial charge in [0.1, 0.15) is 5.75 Å². The Kier molecular flexibility index (Phi) is 6.64. The number of nitrogens with one attached hydrogen (secondary N) is 2. The van der Waals surface area contributed by atoms with Gasteiger partial charge in [0.05, 0.1) is 12.0 Å². The average molecular weight is 314 g/mol. The first-order valence-electron chi connectivity index (χ1n) is 7.22. The number of aryl methyl sites for hydroxylation is 1. The lowest BCUT2D eigenvalue weighted by molar-refractivity contribution is 0.406. The summed E-state index contributed by atoms with van der Waals surface area (Å²) in [4.78, 5) is 0.323. The Labute approximate surface area is 128 Å². The second-order valence-electron chi connectivity index (χ2n) is 5.27. The van der Waals surface area contributed by atoms with Crippen molar-refractivity contribution in [3.63, 3.8) is 0 Å². The van der Waals surface area contributed by atoms with Crippen LogP contribution < -0.4 is 14.8 Å². The van der Waals surface area contributed by atoms with Crippen LogP contribution in [-0.2, 0) is 10.0 Å². The lowest BCUT2D eigenvalue weighted by atomic mass is 10.0. The number of methoxy groups -OCH3 is 1. The zero-order valence-corrected chi connectivity index (χ0v) is 14.3. The number of hydrogen-bond acceptors (Lipinski definition) is 4. The van der Waals surface area contributed by atoms with Crippen LogP contribution in [0.4, 0.5) is 0 Å². The van der Waals surface area contributed by atoms with E-state index >= 15 is 0 Å². The first kappa shape index (κ1) is 17.9. The minimum atomic E-state index is -3.50. The lowest BCUT2D eigenvalue weighted by Crippen LogP contribution is -2.32. The first-order valence-corrected chi connectivity index (χ1v) is 8.70. The fourth-order valence-electron chi connectivity index (χ4n) is 2.12. The van der Waals surface area contributed by atoms with E-state index in [1.165, 1.54) is 0 Å². The molecule has 21 heavy (non-hydrogen) atoms. The molecule has 0 aromatic heterocycles. The van der Waals surface area contributed by atoms with Gasteiger partial charge in [0, 0.05) is 13.1 Å². The summed E-state index contributed by atoms with van der Waals surface area (Å²) in [6.07, 6.45) is 0. The minimum absolute atomic E-state index is 0.191. The molecular formula is C15H26N2O3S. The Hall–Kier alpha value is -1.11. The highest BCUT2D eigenvalue weighted by Gasteiger charge is 2.20. The molecule has 0 unspecified atom stereocenters. The van der Waals surface area contributed by atoms with E-state index < -0.39 is 10.0 Å². The van der Waals surface area contributed by atoms with Gasteiger partial charge in [-0.2, -0.15) is 0 Å². The second-order valence-corrected chi connectivity index (χ2v) is 7.00. The van der Waals surface area contributed by atoms with Crippen molar-refractivity contribution in [1.29, 1.82) is 0 Å². The summed E-state index contributed by atoms with van der Waals surface area (Å²) < 4.78 is 32.8. The number of benzene rings is 1. The van der Waals surface area contributed by atoms with Gasteiger partial charge in [-0.1, -0.05) is 20.8 Å². The van der Waals surface area contributed by atoms with Crippen molar-refractivity contribution < 1.29 is 13.2 Å². The van der Waals surface area contributed by atoms with Gasteiger partial charge in [-0.05, 0) is 42.6 Å². The second kappa shape index (κ2) is 7.77. The topological polar surface area (TPSA) is 67.4 Å². The molecule has 0 fully saturated rings. The third-order valence-electron chi connectivity index (χ3n) is 3.28. The monoisotopic (exact) mass is 314 g/mol. The lowest BCUT2D eigenvalue weighted by Gasteiger charge is -2.16. The van der Waals surface area contributed by atoms with Gasteiger partial charge in [0.2, 0.25) is 10.0 Å². The summed E-state index contributed by atoms with van der Waals surface area (Å²) in [5.74, 6) is 0.922. The van der Waals surface area contributed by atoms with Gasteiger partial charge < -0.3 is 10.1 Å². The van der Waals surface area contributed by atoms with Crippen LogP contribution in [0.3, 0.4) is 0 Å². The van der Waals surface area contributed by atoms with E-state index in [0.29, 0.717) is 23.5 Å². The number of rotatable bonds is 8. The van der Waals surface area contributed by atoms with Crippen molar-refractivity contribution in [2.75, 3.05) is 26.7 Å². The normalized spacial score (nSPS) is 11.9. The van der Waals surface area contributed by atoms with Crippen molar-refractivity contribution in [1.82, 2.24) is 10.0 Å². The fraction of sp³-hybridized carbons (Fsp3) is 0.600. The van der Waals surface area contributed by atoms with Gasteiger partial charge in [0.15, 0.2) is 0 Å². The molecule has 6 heteroatoms. The molecule has 0 amide bonds. The molecule has 0 radical (unpaired) electrons. The maximum Gasteiger partial charge on any atom is 0.240 e. The molecular weight excluding hydrogens is 288 g/mol. The predicted octanol–water partition coefficient (Wildman–Crippen LogP) is 2.01. The molecule has 0 bridgehead atoms. The molecule has 0 aliphatic heterocycles. The summed E-state index contributed by atoms with van der Waals surface area (Å²) in [6, 6.07) is 3.50. The molecule has 0 heterocycles. The van der Waals surface area contributed by atoms with E-state index in [1.54, 1.807) is 26.2 Å². The molecule has 0 aliphatic carbocycles. The molecule has 120 valence electrons. The number of ether oxygens (including phenoxy) is 1. The zero-order valence-electron chi connectivity index (χ0n) is 13.5. The Bertz CT molecular complexity index is 569. The van der Waals surface area contributed by atoms with Crippen LogP contribution in [0.15, 0.2) is 17.0 Å². The van der Waals surface area contributed by atoms with Crippen molar-refractivity contribution in [3.8, 4) is 5.75 Å². The molecule has 1 aromatic carbocycles. The fourth-order valence-corrected chi connectivity index (χ4v) is 3.41. The number of likely N-dealkylation sites (N-methyl/N-ethyl adjacent to an activating group) is 1. The van der Waals surface area contributed by atoms with Crippen LogP contribution in [0.1, 0.15) is 37.8 Å². The Morgan fingerprint density at radius 3 is 2.43 bits per heavy atom. The Morgan fingerprint density at radius 2 is 1.90 bits per heavy atom. The van der Waals surface area contributed by atoms with E-state index in [1.807, 2.05) is 20.8 Å². The third-order valence-corrected chi connectivity index (χ3v) is 4.89. The molecule has 2 N–H and O–H groups in total. The van der Waals surface area contributed by atoms with E-state index in [-0.39, 0.29) is 5.92 Å². The van der Waals surface area contributed by atoms with Gasteiger partial charge in [0.25, 0.3) is 0 Å². The summed E-state index contributed by atoms with van der Waals surface area (Å²) in [7, 11) is -1.90. The number of hydrogen-bond donors (Lipinski definition) is 2. The highest BCUT2D eigenvalue weighted by atomic mass is 32.2. The van der Waals surface area contributed by atoms with Crippen molar-refractivity contribution in [2.45, 2.75) is 38.5 Å². The van der Waals surface area contributed by atoms with Gasteiger partial charge >= 0.3 is 0 Å². The van der Waals surface area contributed by atoms with Crippen molar-refractivity contribution in [2.24, 2.45) is 0 Å². The van der Waals surface area contributed by atoms with E-state index in [0.717, 1.165) is 17.9 Å². The SMILES string of the molecule is CCNCCNS(=O)(=O)c1cc(C(C)C)c(OC)cc1C. The molecule has 1 rings (SSSR count). The average Bonchev–Trinajstić information content (AvgIpc) is 2.42. The van der Waals surface area contributed by atoms with Crippen molar-refractivity contribution in [3.05, 3.63) is 23.3 Å². The summed E-state index contributed by atoms with van der Waals surface area (Å²) in [5, 5.41) is 3.09. The predicted molar refractivity (Wildman–Crippen MR) is 85.6 cm³/mol. The maximum absolute atomic E-state index is 12.4. The van der Waals surface area contributed by atoms with Crippen LogP contribution in [0, 0.1) is 6.92 Å². The molecule has 0 spiro atoms. The van der Waals surface area contributed by atoms with Crippen molar-refractivity contribution >= 4 is 10.0 Å². The largest absolute Gasteiger partial charge is 0.496 e. The third kappa shape index (κ3) is 4.69. The molecule has 0 saturated carbocycles. The van der Waals surface area contributed by atoms with Crippen LogP contribution in [0.2, 0.25) is 0 Å². The molecule has 0 atom stereocenters. The smallest absolute Gasteiger partial charge is 0.240 e. The molecule has 1 aromatic rings. The zero-order chi connectivity index (χ0) is 16.0. The first-order chi connectivity index (χ1) is 9.83. The number of sulfonamides is 1. The van der Waals surface area contributed by atoms with E-state index in [9.17, 15) is 8.42 Å². The van der Waals surface area contributed by atoms with Crippen LogP contribution in [-0.4, -0.2) is 35.2 Å². The molecule has 0 saturated heterocycles. The highest BCUT2D eigenvalue weighted by molar-refractivity contribution is 7.89. The van der Waals surface area contributed by atoms with E-state index in [4.69, 9.17) is 4.74 Å². The maximum atomic E-state index is 12.4. The standard InChI is InChI=1S/C15H26N2O3S/c1-6-16-7-8-17-21(18,19)15-10-13(11(2)3)14(20-5)9-12(15)4/h9-11,16-17H,6-8H2,1-5H3. The quantitative estimate of drug-likeness (QED) is 0.720. The minimum Gasteiger partial charge on any atom is -0.496 e. The van der Waals surface area contributed by atoms with Crippen LogP contribution in [0.5, 0.6) is 5.75 Å². The highest BCUT2D eigenvalue weighted by Crippen LogP contribution is 2.31. The van der Waals surface area contributed by atoms with Gasteiger partial charge in [-0.25, -0.2) is 13.1 Å². The Balaban J connectivity index is 3.08. The summed E-state index contributed by atoms with van der Waals surface area (Å²) in [6.45, 7) is 9.61.